The highest BCUT2D eigenvalue weighted by molar-refractivity contribution is 7.91. The van der Waals surface area contributed by atoms with E-state index in [1.165, 1.54) is 6.07 Å². The Morgan fingerprint density at radius 3 is 2.72 bits per heavy atom. The fourth-order valence-corrected chi connectivity index (χ4v) is 3.94. The normalized spacial score (nSPS) is 11.5. The Morgan fingerprint density at radius 1 is 1.56 bits per heavy atom. The molecular weight excluding hydrogens is 298 g/mol. The van der Waals surface area contributed by atoms with Crippen LogP contribution in [0.3, 0.4) is 0 Å². The van der Waals surface area contributed by atoms with Crippen molar-refractivity contribution in [2.75, 3.05) is 13.2 Å². The van der Waals surface area contributed by atoms with E-state index in [1.54, 1.807) is 13.8 Å². The van der Waals surface area contributed by atoms with Gasteiger partial charge in [-0.05, 0) is 25.5 Å². The van der Waals surface area contributed by atoms with Gasteiger partial charge in [0.15, 0.2) is 0 Å². The van der Waals surface area contributed by atoms with E-state index >= 15 is 0 Å². The monoisotopic (exact) mass is 311 g/mol. The summed E-state index contributed by atoms with van der Waals surface area (Å²) in [6.45, 7) is 3.72. The summed E-state index contributed by atoms with van der Waals surface area (Å²) < 4.78 is 31.3. The number of hydrogen-bond donors (Lipinski definition) is 1. The van der Waals surface area contributed by atoms with E-state index in [0.29, 0.717) is 9.90 Å². The molecule has 0 bridgehead atoms. The minimum atomic E-state index is -3.60. The molecule has 0 amide bonds. The number of rotatable bonds is 6. The minimum absolute atomic E-state index is 0.00512. The summed E-state index contributed by atoms with van der Waals surface area (Å²) in [7, 11) is -3.60. The lowest BCUT2D eigenvalue weighted by atomic mass is 10.4. The van der Waals surface area contributed by atoms with Crippen LogP contribution in [0.5, 0.6) is 0 Å². The number of carbonyl (C=O) groups excluding carboxylic acids is 1. The van der Waals surface area contributed by atoms with E-state index < -0.39 is 16.0 Å². The molecule has 1 aromatic heterocycles. The molecule has 1 N–H and O–H groups in total. The molecule has 8 heteroatoms. The Balaban J connectivity index is 2.58. The average molecular weight is 312 g/mol. The molecule has 0 atom stereocenters. The summed E-state index contributed by atoms with van der Waals surface area (Å²) in [5.74, 6) is -0.430. The van der Waals surface area contributed by atoms with Gasteiger partial charge in [-0.3, -0.25) is 4.79 Å². The van der Waals surface area contributed by atoms with Crippen LogP contribution in [0.15, 0.2) is 10.3 Å². The number of thiophene rings is 1. The minimum Gasteiger partial charge on any atom is -0.466 e. The van der Waals surface area contributed by atoms with Gasteiger partial charge in [0, 0.05) is 6.54 Å². The quantitative estimate of drug-likeness (QED) is 0.815. The molecule has 0 aromatic carbocycles. The van der Waals surface area contributed by atoms with Gasteiger partial charge in [0.05, 0.1) is 17.4 Å². The van der Waals surface area contributed by atoms with Crippen molar-refractivity contribution < 1.29 is 17.9 Å². The van der Waals surface area contributed by atoms with Gasteiger partial charge in [0.1, 0.15) is 4.21 Å². The van der Waals surface area contributed by atoms with E-state index in [0.717, 1.165) is 11.3 Å². The van der Waals surface area contributed by atoms with Crippen molar-refractivity contribution in [1.29, 1.82) is 0 Å². The number of sulfonamides is 1. The molecule has 0 saturated carbocycles. The zero-order chi connectivity index (χ0) is 13.8. The number of ether oxygens (including phenoxy) is 1. The molecule has 0 aliphatic carbocycles. The summed E-state index contributed by atoms with van der Waals surface area (Å²) in [6.07, 6.45) is 0.00512. The Kier molecular flexibility index (Phi) is 5.58. The van der Waals surface area contributed by atoms with E-state index in [9.17, 15) is 13.2 Å². The summed E-state index contributed by atoms with van der Waals surface area (Å²) >= 11 is 6.80. The third-order valence-electron chi connectivity index (χ3n) is 2.03. The van der Waals surface area contributed by atoms with Crippen molar-refractivity contribution in [2.24, 2.45) is 0 Å². The predicted octanol–water partition coefficient (Wildman–Crippen LogP) is 1.94. The summed E-state index contributed by atoms with van der Waals surface area (Å²) in [5.41, 5.74) is 0.715. The molecule has 102 valence electrons. The van der Waals surface area contributed by atoms with Crippen molar-refractivity contribution in [2.45, 2.75) is 24.5 Å². The fourth-order valence-electron chi connectivity index (χ4n) is 1.16. The van der Waals surface area contributed by atoms with Crippen molar-refractivity contribution in [3.05, 3.63) is 16.0 Å². The zero-order valence-corrected chi connectivity index (χ0v) is 12.4. The third-order valence-corrected chi connectivity index (χ3v) is 5.52. The van der Waals surface area contributed by atoms with Gasteiger partial charge in [-0.1, -0.05) is 11.6 Å². The van der Waals surface area contributed by atoms with Crippen molar-refractivity contribution in [3.8, 4) is 0 Å². The third kappa shape index (κ3) is 4.24. The molecule has 0 fully saturated rings. The Labute approximate surface area is 115 Å². The highest BCUT2D eigenvalue weighted by atomic mass is 35.5. The Bertz CT molecular complexity index is 504. The van der Waals surface area contributed by atoms with Crippen LogP contribution in [0, 0.1) is 6.92 Å². The molecule has 0 unspecified atom stereocenters. The summed E-state index contributed by atoms with van der Waals surface area (Å²) in [6, 6.07) is 1.50. The maximum absolute atomic E-state index is 11.8. The van der Waals surface area contributed by atoms with Gasteiger partial charge < -0.3 is 4.74 Å². The standard InChI is InChI=1S/C10H14ClNO4S2/c1-3-16-8(13)4-5-12-18(14,15)9-6-7(2)10(11)17-9/h6,12H,3-5H2,1-2H3. The van der Waals surface area contributed by atoms with Crippen LogP contribution in [0.1, 0.15) is 18.9 Å². The van der Waals surface area contributed by atoms with Gasteiger partial charge in [-0.15, -0.1) is 11.3 Å². The molecule has 0 radical (unpaired) electrons. The molecule has 1 heterocycles. The van der Waals surface area contributed by atoms with Crippen LogP contribution >= 0.6 is 22.9 Å². The maximum atomic E-state index is 11.8. The highest BCUT2D eigenvalue weighted by Crippen LogP contribution is 2.29. The number of hydrogen-bond acceptors (Lipinski definition) is 5. The molecule has 18 heavy (non-hydrogen) atoms. The molecule has 0 aliphatic rings. The SMILES string of the molecule is CCOC(=O)CCNS(=O)(=O)c1cc(C)c(Cl)s1. The number of carbonyl (C=O) groups is 1. The zero-order valence-electron chi connectivity index (χ0n) is 10.0. The van der Waals surface area contributed by atoms with Crippen molar-refractivity contribution in [1.82, 2.24) is 4.72 Å². The molecular formula is C10H14ClNO4S2. The van der Waals surface area contributed by atoms with Crippen LogP contribution < -0.4 is 4.72 Å². The number of halogens is 1. The Morgan fingerprint density at radius 2 is 2.22 bits per heavy atom. The predicted molar refractivity (Wildman–Crippen MR) is 70.5 cm³/mol. The van der Waals surface area contributed by atoms with Crippen LogP contribution in [0.4, 0.5) is 0 Å². The highest BCUT2D eigenvalue weighted by Gasteiger charge is 2.18. The van der Waals surface area contributed by atoms with Crippen LogP contribution in [0.25, 0.3) is 0 Å². The second kappa shape index (κ2) is 6.51. The first-order chi connectivity index (χ1) is 8.36. The largest absolute Gasteiger partial charge is 0.466 e. The van der Waals surface area contributed by atoms with Gasteiger partial charge in [-0.25, -0.2) is 13.1 Å². The lowest BCUT2D eigenvalue weighted by molar-refractivity contribution is -0.142. The molecule has 1 aromatic rings. The van der Waals surface area contributed by atoms with Gasteiger partial charge in [0.2, 0.25) is 10.0 Å². The number of nitrogens with one attached hydrogen (secondary N) is 1. The first-order valence-electron chi connectivity index (χ1n) is 5.28. The summed E-state index contributed by atoms with van der Waals surface area (Å²) in [4.78, 5) is 11.0. The van der Waals surface area contributed by atoms with Gasteiger partial charge in [0.25, 0.3) is 0 Å². The lowest BCUT2D eigenvalue weighted by Gasteiger charge is -2.04. The van der Waals surface area contributed by atoms with Crippen LogP contribution in [-0.2, 0) is 19.6 Å². The number of esters is 1. The maximum Gasteiger partial charge on any atom is 0.307 e. The number of aryl methyl sites for hydroxylation is 1. The molecule has 0 aliphatic heterocycles. The van der Waals surface area contributed by atoms with E-state index in [1.807, 2.05) is 0 Å². The lowest BCUT2D eigenvalue weighted by Crippen LogP contribution is -2.26. The Hall–Kier alpha value is -0.630. The average Bonchev–Trinajstić information content (AvgIpc) is 2.60. The van der Waals surface area contributed by atoms with Crippen molar-refractivity contribution >= 4 is 38.9 Å². The molecule has 1 rings (SSSR count). The smallest absolute Gasteiger partial charge is 0.307 e. The topological polar surface area (TPSA) is 72.5 Å². The van der Waals surface area contributed by atoms with Crippen molar-refractivity contribution in [3.63, 3.8) is 0 Å². The fraction of sp³-hybridized carbons (Fsp3) is 0.500. The van der Waals surface area contributed by atoms with Crippen LogP contribution in [0.2, 0.25) is 4.34 Å². The van der Waals surface area contributed by atoms with E-state index in [2.05, 4.69) is 4.72 Å². The first-order valence-corrected chi connectivity index (χ1v) is 7.95. The van der Waals surface area contributed by atoms with Gasteiger partial charge >= 0.3 is 5.97 Å². The summed E-state index contributed by atoms with van der Waals surface area (Å²) in [5, 5.41) is 0. The molecule has 0 spiro atoms. The van der Waals surface area contributed by atoms with Crippen LogP contribution in [-0.4, -0.2) is 27.5 Å². The van der Waals surface area contributed by atoms with E-state index in [-0.39, 0.29) is 23.8 Å². The second-order valence-corrected chi connectivity index (χ2v) is 7.12. The van der Waals surface area contributed by atoms with E-state index in [4.69, 9.17) is 16.3 Å². The molecule has 5 nitrogen and oxygen atoms in total. The second-order valence-electron chi connectivity index (χ2n) is 3.47. The molecule has 0 saturated heterocycles. The van der Waals surface area contributed by atoms with Gasteiger partial charge in [-0.2, -0.15) is 0 Å². The first kappa shape index (κ1) is 15.4.